The smallest absolute Gasteiger partial charge is 0.307 e. The summed E-state index contributed by atoms with van der Waals surface area (Å²) in [5.41, 5.74) is 0.694. The van der Waals surface area contributed by atoms with Crippen LogP contribution < -0.4 is 10.2 Å². The van der Waals surface area contributed by atoms with Gasteiger partial charge in [0.1, 0.15) is 16.7 Å². The number of aromatic amines is 1. The summed E-state index contributed by atoms with van der Waals surface area (Å²) in [4.78, 5) is 22.3. The van der Waals surface area contributed by atoms with Crippen molar-refractivity contribution < 1.29 is 0 Å². The third kappa shape index (κ3) is 1.40. The van der Waals surface area contributed by atoms with Crippen molar-refractivity contribution in [3.05, 3.63) is 16.0 Å². The second-order valence-corrected chi connectivity index (χ2v) is 3.41. The van der Waals surface area contributed by atoms with E-state index in [9.17, 15) is 4.79 Å². The number of anilines is 1. The number of thiazole rings is 1. The molecule has 0 amide bonds. The van der Waals surface area contributed by atoms with E-state index in [4.69, 9.17) is 0 Å². The van der Waals surface area contributed by atoms with Crippen molar-refractivity contribution in [2.45, 2.75) is 6.92 Å². The average Bonchev–Trinajstić information content (AvgIpc) is 2.47. The van der Waals surface area contributed by atoms with Gasteiger partial charge in [0.25, 0.3) is 0 Å². The van der Waals surface area contributed by atoms with Crippen LogP contribution in [-0.4, -0.2) is 21.5 Å². The van der Waals surface area contributed by atoms with Crippen LogP contribution in [0.2, 0.25) is 0 Å². The Kier molecular flexibility index (Phi) is 1.97. The summed E-state index contributed by atoms with van der Waals surface area (Å²) >= 11 is 1.09. The first kappa shape index (κ1) is 8.18. The Bertz CT molecular complexity index is 475. The van der Waals surface area contributed by atoms with Crippen molar-refractivity contribution in [2.75, 3.05) is 11.9 Å². The Morgan fingerprint density at radius 1 is 1.62 bits per heavy atom. The molecule has 0 aliphatic carbocycles. The summed E-state index contributed by atoms with van der Waals surface area (Å²) in [6, 6.07) is 0. The predicted molar refractivity (Wildman–Crippen MR) is 52.2 cm³/mol. The van der Waals surface area contributed by atoms with Crippen LogP contribution in [0.5, 0.6) is 0 Å². The van der Waals surface area contributed by atoms with Gasteiger partial charge < -0.3 is 10.3 Å². The number of rotatable bonds is 2. The van der Waals surface area contributed by atoms with E-state index in [-0.39, 0.29) is 4.87 Å². The van der Waals surface area contributed by atoms with E-state index in [0.29, 0.717) is 16.2 Å². The van der Waals surface area contributed by atoms with Gasteiger partial charge in [0, 0.05) is 6.54 Å². The molecule has 5 nitrogen and oxygen atoms in total. The van der Waals surface area contributed by atoms with Gasteiger partial charge in [-0.3, -0.25) is 4.79 Å². The fraction of sp³-hybridized carbons (Fsp3) is 0.286. The molecule has 2 heterocycles. The zero-order chi connectivity index (χ0) is 9.26. The molecule has 68 valence electrons. The molecule has 2 N–H and O–H groups in total. The van der Waals surface area contributed by atoms with Crippen LogP contribution in [0.25, 0.3) is 10.3 Å². The van der Waals surface area contributed by atoms with Gasteiger partial charge in [0.05, 0.1) is 0 Å². The quantitative estimate of drug-likeness (QED) is 0.745. The first-order valence-electron chi connectivity index (χ1n) is 3.89. The molecule has 0 aliphatic rings. The van der Waals surface area contributed by atoms with Crippen LogP contribution in [0.4, 0.5) is 5.82 Å². The Morgan fingerprint density at radius 3 is 3.23 bits per heavy atom. The Hall–Kier alpha value is -1.43. The highest BCUT2D eigenvalue weighted by Gasteiger charge is 2.05. The highest BCUT2D eigenvalue weighted by molar-refractivity contribution is 7.16. The number of hydrogen-bond donors (Lipinski definition) is 2. The van der Waals surface area contributed by atoms with E-state index >= 15 is 0 Å². The molecule has 0 atom stereocenters. The second kappa shape index (κ2) is 3.14. The van der Waals surface area contributed by atoms with E-state index in [1.165, 1.54) is 6.33 Å². The maximum Gasteiger partial charge on any atom is 0.307 e. The third-order valence-electron chi connectivity index (χ3n) is 1.57. The highest BCUT2D eigenvalue weighted by Crippen LogP contribution is 2.17. The molecule has 0 saturated heterocycles. The number of fused-ring (bicyclic) bond motifs is 1. The normalized spacial score (nSPS) is 10.5. The summed E-state index contributed by atoms with van der Waals surface area (Å²) in [6.07, 6.45) is 1.45. The van der Waals surface area contributed by atoms with Gasteiger partial charge in [0.2, 0.25) is 0 Å². The Morgan fingerprint density at radius 2 is 2.46 bits per heavy atom. The minimum atomic E-state index is -0.102. The van der Waals surface area contributed by atoms with Gasteiger partial charge in [-0.2, -0.15) is 0 Å². The lowest BCUT2D eigenvalue weighted by atomic mass is 10.5. The van der Waals surface area contributed by atoms with Gasteiger partial charge in [-0.05, 0) is 6.92 Å². The van der Waals surface area contributed by atoms with Crippen molar-refractivity contribution in [2.24, 2.45) is 0 Å². The van der Waals surface area contributed by atoms with Crippen molar-refractivity contribution in [3.8, 4) is 0 Å². The first-order valence-corrected chi connectivity index (χ1v) is 4.70. The molecule has 0 bridgehead atoms. The van der Waals surface area contributed by atoms with Crippen molar-refractivity contribution >= 4 is 27.5 Å². The summed E-state index contributed by atoms with van der Waals surface area (Å²) < 4.78 is 0. The van der Waals surface area contributed by atoms with Crippen LogP contribution in [0.3, 0.4) is 0 Å². The SMILES string of the molecule is CCNc1ncnc2sc(=O)[nH]c12. The minimum absolute atomic E-state index is 0.102. The zero-order valence-electron chi connectivity index (χ0n) is 7.00. The predicted octanol–water partition coefficient (Wildman–Crippen LogP) is 0.811. The molecule has 0 aliphatic heterocycles. The lowest BCUT2D eigenvalue weighted by molar-refractivity contribution is 1.13. The van der Waals surface area contributed by atoms with Crippen LogP contribution in [0, 0.1) is 0 Å². The summed E-state index contributed by atoms with van der Waals surface area (Å²) in [6.45, 7) is 2.74. The molecule has 0 saturated carbocycles. The maximum absolute atomic E-state index is 11.0. The van der Waals surface area contributed by atoms with Gasteiger partial charge >= 0.3 is 4.87 Å². The number of aromatic nitrogens is 3. The van der Waals surface area contributed by atoms with Crippen LogP contribution in [-0.2, 0) is 0 Å². The molecule has 2 aromatic heterocycles. The molecular weight excluding hydrogens is 188 g/mol. The number of nitrogens with one attached hydrogen (secondary N) is 2. The van der Waals surface area contributed by atoms with E-state index in [0.717, 1.165) is 17.9 Å². The van der Waals surface area contributed by atoms with Gasteiger partial charge in [-0.25, -0.2) is 9.97 Å². The molecule has 2 rings (SSSR count). The zero-order valence-corrected chi connectivity index (χ0v) is 7.81. The molecule has 0 aromatic carbocycles. The maximum atomic E-state index is 11.0. The largest absolute Gasteiger partial charge is 0.368 e. The molecule has 0 fully saturated rings. The van der Waals surface area contributed by atoms with E-state index in [1.54, 1.807) is 0 Å². The second-order valence-electron chi connectivity index (χ2n) is 2.45. The molecule has 0 unspecified atom stereocenters. The number of hydrogen-bond acceptors (Lipinski definition) is 5. The number of nitrogens with zero attached hydrogens (tertiary/aromatic N) is 2. The van der Waals surface area contributed by atoms with Crippen molar-refractivity contribution in [3.63, 3.8) is 0 Å². The Labute approximate surface area is 77.9 Å². The van der Waals surface area contributed by atoms with E-state index in [2.05, 4.69) is 20.3 Å². The topological polar surface area (TPSA) is 70.7 Å². The Balaban J connectivity index is 2.67. The summed E-state index contributed by atoms with van der Waals surface area (Å²) in [7, 11) is 0. The molecule has 2 aromatic rings. The standard InChI is InChI=1S/C7H8N4OS/c1-2-8-5-4-6(10-3-9-5)13-7(12)11-4/h3H,2H2,1H3,(H,11,12)(H,8,9,10). The van der Waals surface area contributed by atoms with Crippen LogP contribution in [0.15, 0.2) is 11.1 Å². The molecule has 0 radical (unpaired) electrons. The lowest BCUT2D eigenvalue weighted by Crippen LogP contribution is -2.01. The molecule has 0 spiro atoms. The molecular formula is C7H8N4OS. The fourth-order valence-electron chi connectivity index (χ4n) is 1.08. The third-order valence-corrected chi connectivity index (χ3v) is 2.36. The van der Waals surface area contributed by atoms with Crippen molar-refractivity contribution in [1.29, 1.82) is 0 Å². The van der Waals surface area contributed by atoms with Crippen LogP contribution in [0.1, 0.15) is 6.92 Å². The monoisotopic (exact) mass is 196 g/mol. The van der Waals surface area contributed by atoms with Crippen molar-refractivity contribution in [1.82, 2.24) is 15.0 Å². The first-order chi connectivity index (χ1) is 6.31. The lowest BCUT2D eigenvalue weighted by Gasteiger charge is -2.00. The minimum Gasteiger partial charge on any atom is -0.368 e. The summed E-state index contributed by atoms with van der Waals surface area (Å²) in [5.74, 6) is 0.686. The summed E-state index contributed by atoms with van der Waals surface area (Å²) in [5, 5.41) is 3.05. The molecule has 6 heteroatoms. The van der Waals surface area contributed by atoms with E-state index in [1.807, 2.05) is 6.92 Å². The molecule has 13 heavy (non-hydrogen) atoms. The average molecular weight is 196 g/mol. The van der Waals surface area contributed by atoms with Gasteiger partial charge in [-0.1, -0.05) is 11.3 Å². The van der Waals surface area contributed by atoms with Gasteiger partial charge in [0.15, 0.2) is 5.82 Å². The van der Waals surface area contributed by atoms with E-state index < -0.39 is 0 Å². The fourth-order valence-corrected chi connectivity index (χ4v) is 1.75. The van der Waals surface area contributed by atoms with Crippen LogP contribution >= 0.6 is 11.3 Å². The van der Waals surface area contributed by atoms with Gasteiger partial charge in [-0.15, -0.1) is 0 Å². The number of H-pyrrole nitrogens is 1. The highest BCUT2D eigenvalue weighted by atomic mass is 32.1.